The zero-order valence-corrected chi connectivity index (χ0v) is 13.8. The van der Waals surface area contributed by atoms with Gasteiger partial charge in [0.05, 0.1) is 10.4 Å². The van der Waals surface area contributed by atoms with Crippen molar-refractivity contribution in [3.63, 3.8) is 0 Å². The van der Waals surface area contributed by atoms with E-state index < -0.39 is 0 Å². The van der Waals surface area contributed by atoms with Crippen molar-refractivity contribution in [1.29, 1.82) is 0 Å². The van der Waals surface area contributed by atoms with Crippen LogP contribution in [0.2, 0.25) is 9.36 Å². The molecule has 0 saturated carbocycles. The average Bonchev–Trinajstić information content (AvgIpc) is 3.06. The van der Waals surface area contributed by atoms with Crippen LogP contribution in [0, 0.1) is 5.82 Å². The fourth-order valence-electron chi connectivity index (χ4n) is 2.03. The maximum atomic E-state index is 13.5. The Labute approximate surface area is 140 Å². The monoisotopic (exact) mass is 357 g/mol. The predicted octanol–water partition coefficient (Wildman–Crippen LogP) is 6.46. The van der Waals surface area contributed by atoms with Gasteiger partial charge in [-0.1, -0.05) is 29.3 Å². The first kappa shape index (κ1) is 14.9. The smallest absolute Gasteiger partial charge is 0.126 e. The number of thiophene rings is 2. The average molecular weight is 358 g/mol. The lowest BCUT2D eigenvalue weighted by molar-refractivity contribution is 0.628. The topological polar surface area (TPSA) is 12.0 Å². The van der Waals surface area contributed by atoms with Crippen molar-refractivity contribution in [3.05, 3.63) is 72.8 Å². The van der Waals surface area contributed by atoms with Crippen LogP contribution in [0.15, 0.2) is 47.8 Å². The molecule has 0 spiro atoms. The number of hydrogen-bond acceptors (Lipinski definition) is 3. The minimum absolute atomic E-state index is 0.0691. The molecule has 2 aromatic heterocycles. The second kappa shape index (κ2) is 6.36. The van der Waals surface area contributed by atoms with E-state index in [0.29, 0.717) is 10.7 Å². The predicted molar refractivity (Wildman–Crippen MR) is 90.5 cm³/mol. The molecular formula is C15H10Cl2FNS2. The van der Waals surface area contributed by atoms with Crippen molar-refractivity contribution >= 4 is 51.6 Å². The number of rotatable bonds is 4. The largest absolute Gasteiger partial charge is 0.373 e. The van der Waals surface area contributed by atoms with E-state index in [4.69, 9.17) is 23.2 Å². The lowest BCUT2D eigenvalue weighted by atomic mass is 10.2. The van der Waals surface area contributed by atoms with Crippen molar-refractivity contribution in [3.8, 4) is 0 Å². The normalized spacial score (nSPS) is 12.3. The first-order valence-electron chi connectivity index (χ1n) is 6.13. The highest BCUT2D eigenvalue weighted by Gasteiger charge is 2.17. The molecule has 0 aliphatic heterocycles. The van der Waals surface area contributed by atoms with Crippen LogP contribution in [0.4, 0.5) is 10.1 Å². The van der Waals surface area contributed by atoms with Gasteiger partial charge in [0.2, 0.25) is 0 Å². The van der Waals surface area contributed by atoms with Crippen LogP contribution >= 0.6 is 45.9 Å². The van der Waals surface area contributed by atoms with Crippen LogP contribution in [-0.4, -0.2) is 0 Å². The van der Waals surface area contributed by atoms with Crippen molar-refractivity contribution in [1.82, 2.24) is 0 Å². The van der Waals surface area contributed by atoms with E-state index >= 15 is 0 Å². The molecule has 1 nitrogen and oxygen atoms in total. The maximum Gasteiger partial charge on any atom is 0.126 e. The summed E-state index contributed by atoms with van der Waals surface area (Å²) in [5, 5.41) is 5.71. The minimum atomic E-state index is -0.362. The van der Waals surface area contributed by atoms with Crippen LogP contribution in [0.5, 0.6) is 0 Å². The van der Waals surface area contributed by atoms with Gasteiger partial charge in [0, 0.05) is 20.5 Å². The number of hydrogen-bond donors (Lipinski definition) is 1. The summed E-state index contributed by atoms with van der Waals surface area (Å²) < 4.78 is 14.2. The van der Waals surface area contributed by atoms with Crippen molar-refractivity contribution in [2.75, 3.05) is 5.32 Å². The van der Waals surface area contributed by atoms with Gasteiger partial charge in [0.1, 0.15) is 5.82 Å². The summed E-state index contributed by atoms with van der Waals surface area (Å²) in [4.78, 5) is 2.21. The Morgan fingerprint density at radius 3 is 2.52 bits per heavy atom. The summed E-state index contributed by atoms with van der Waals surface area (Å²) in [7, 11) is 0. The molecule has 0 bridgehead atoms. The van der Waals surface area contributed by atoms with E-state index in [1.807, 2.05) is 29.6 Å². The van der Waals surface area contributed by atoms with E-state index in [1.54, 1.807) is 17.4 Å². The van der Waals surface area contributed by atoms with Gasteiger partial charge in [-0.2, -0.15) is 0 Å². The second-order valence-electron chi connectivity index (χ2n) is 4.39. The van der Waals surface area contributed by atoms with Crippen molar-refractivity contribution in [2.24, 2.45) is 0 Å². The fraction of sp³-hybridized carbons (Fsp3) is 0.0667. The molecule has 6 heteroatoms. The van der Waals surface area contributed by atoms with Crippen LogP contribution in [0.1, 0.15) is 15.8 Å². The lowest BCUT2D eigenvalue weighted by Crippen LogP contribution is -2.09. The van der Waals surface area contributed by atoms with Gasteiger partial charge in [-0.3, -0.25) is 0 Å². The number of benzene rings is 1. The maximum absolute atomic E-state index is 13.5. The summed E-state index contributed by atoms with van der Waals surface area (Å²) >= 11 is 15.1. The van der Waals surface area contributed by atoms with E-state index in [-0.39, 0.29) is 11.9 Å². The zero-order valence-electron chi connectivity index (χ0n) is 10.6. The molecule has 0 fully saturated rings. The zero-order chi connectivity index (χ0) is 14.8. The number of anilines is 1. The molecule has 0 aliphatic rings. The summed E-state index contributed by atoms with van der Waals surface area (Å²) in [5.74, 6) is -0.362. The summed E-state index contributed by atoms with van der Waals surface area (Å²) in [5.41, 5.74) is 0.642. The molecule has 0 amide bonds. The third kappa shape index (κ3) is 3.58. The van der Waals surface area contributed by atoms with Crippen LogP contribution in [0.25, 0.3) is 0 Å². The number of nitrogens with one attached hydrogen (secondary N) is 1. The Bertz CT molecular complexity index is 720. The molecule has 0 radical (unpaired) electrons. The highest BCUT2D eigenvalue weighted by atomic mass is 35.5. The van der Waals surface area contributed by atoms with Crippen molar-refractivity contribution < 1.29 is 4.39 Å². The Morgan fingerprint density at radius 1 is 1.05 bits per heavy atom. The Hall–Kier alpha value is -1.07. The van der Waals surface area contributed by atoms with Gasteiger partial charge >= 0.3 is 0 Å². The Kier molecular flexibility index (Phi) is 4.50. The van der Waals surface area contributed by atoms with Gasteiger partial charge in [0.25, 0.3) is 0 Å². The highest BCUT2D eigenvalue weighted by Crippen LogP contribution is 2.36. The minimum Gasteiger partial charge on any atom is -0.373 e. The van der Waals surface area contributed by atoms with Crippen LogP contribution in [0.3, 0.4) is 0 Å². The Morgan fingerprint density at radius 2 is 1.90 bits per heavy atom. The molecule has 0 aliphatic carbocycles. The van der Waals surface area contributed by atoms with Gasteiger partial charge < -0.3 is 5.32 Å². The molecule has 0 saturated heterocycles. The highest BCUT2D eigenvalue weighted by molar-refractivity contribution is 7.16. The molecular weight excluding hydrogens is 348 g/mol. The third-order valence-electron chi connectivity index (χ3n) is 2.88. The first-order chi connectivity index (χ1) is 10.1. The molecule has 21 heavy (non-hydrogen) atoms. The lowest BCUT2D eigenvalue weighted by Gasteiger charge is -2.18. The van der Waals surface area contributed by atoms with Crippen molar-refractivity contribution in [2.45, 2.75) is 6.04 Å². The third-order valence-corrected chi connectivity index (χ3v) is 5.33. The number of halogens is 3. The quantitative estimate of drug-likeness (QED) is 0.565. The van der Waals surface area contributed by atoms with E-state index in [2.05, 4.69) is 5.32 Å². The van der Waals surface area contributed by atoms with Gasteiger partial charge in [0.15, 0.2) is 0 Å². The van der Waals surface area contributed by atoms with Crippen LogP contribution in [-0.2, 0) is 0 Å². The second-order valence-corrected chi connectivity index (χ2v) is 7.56. The molecule has 3 aromatic rings. The van der Waals surface area contributed by atoms with Gasteiger partial charge in [-0.15, -0.1) is 22.7 Å². The SMILES string of the molecule is Fc1cc(Cl)cc(NC(c2cccs2)c2ccc(Cl)s2)c1. The summed E-state index contributed by atoms with van der Waals surface area (Å²) in [6.45, 7) is 0. The molecule has 1 N–H and O–H groups in total. The van der Waals surface area contributed by atoms with Crippen LogP contribution < -0.4 is 5.32 Å². The van der Waals surface area contributed by atoms with E-state index in [0.717, 1.165) is 14.1 Å². The molecule has 1 atom stereocenters. The summed E-state index contributed by atoms with van der Waals surface area (Å²) in [6, 6.07) is 12.2. The molecule has 1 unspecified atom stereocenters. The van der Waals surface area contributed by atoms with Gasteiger partial charge in [-0.05, 0) is 41.8 Å². The Balaban J connectivity index is 1.96. The fourth-order valence-corrected chi connectivity index (χ4v) is 4.25. The van der Waals surface area contributed by atoms with E-state index in [1.165, 1.54) is 23.5 Å². The first-order valence-corrected chi connectivity index (χ1v) is 8.58. The molecule has 108 valence electrons. The molecule has 1 aromatic carbocycles. The molecule has 2 heterocycles. The summed E-state index contributed by atoms with van der Waals surface area (Å²) in [6.07, 6.45) is 0. The van der Waals surface area contributed by atoms with Gasteiger partial charge in [-0.25, -0.2) is 4.39 Å². The molecule has 3 rings (SSSR count). The van der Waals surface area contributed by atoms with E-state index in [9.17, 15) is 4.39 Å². The standard InChI is InChI=1S/C15H10Cl2FNS2/c16-9-6-10(18)8-11(7-9)19-15(12-2-1-5-20-12)13-3-4-14(17)21-13/h1-8,15,19H.